The molecule has 37 heavy (non-hydrogen) atoms. The molecule has 3 aromatic rings. The van der Waals surface area contributed by atoms with Gasteiger partial charge in [-0.05, 0) is 65.1 Å². The summed E-state index contributed by atoms with van der Waals surface area (Å²) >= 11 is 0. The van der Waals surface area contributed by atoms with Crippen LogP contribution < -0.4 is 0 Å². The van der Waals surface area contributed by atoms with Crippen molar-refractivity contribution in [3.63, 3.8) is 0 Å². The Morgan fingerprint density at radius 1 is 0.892 bits per heavy atom. The first-order chi connectivity index (χ1) is 17.4. The lowest BCUT2D eigenvalue weighted by Crippen LogP contribution is -2.22. The van der Waals surface area contributed by atoms with Crippen LogP contribution >= 0.6 is 0 Å². The third-order valence-corrected chi connectivity index (χ3v) is 8.52. The number of hydrogen-bond acceptors (Lipinski definition) is 3. The van der Waals surface area contributed by atoms with Crippen molar-refractivity contribution < 1.29 is 14.3 Å². The third kappa shape index (κ3) is 6.44. The predicted octanol–water partition coefficient (Wildman–Crippen LogP) is 8.11. The molecule has 0 bridgehead atoms. The van der Waals surface area contributed by atoms with Gasteiger partial charge in [0, 0.05) is 19.1 Å². The van der Waals surface area contributed by atoms with E-state index in [1.54, 1.807) is 24.3 Å². The van der Waals surface area contributed by atoms with E-state index in [9.17, 15) is 9.59 Å². The number of ketones is 1. The topological polar surface area (TPSA) is 43.4 Å². The first-order valence-electron chi connectivity index (χ1n) is 12.9. The number of hydrogen-bond donors (Lipinski definition) is 0. The van der Waals surface area contributed by atoms with Gasteiger partial charge in [0.15, 0.2) is 5.78 Å². The molecule has 1 aliphatic carbocycles. The highest BCUT2D eigenvalue weighted by Crippen LogP contribution is 2.43. The second-order valence-electron chi connectivity index (χ2n) is 11.7. The summed E-state index contributed by atoms with van der Waals surface area (Å²) in [5.41, 5.74) is 7.89. The standard InChI is InChI=1S/C33H36O3Si/c1-23-7-12-25(13-8-23)29-22-33(2,3)30-21-27(16-17-28(29)30)31(34)18-11-24-9-14-26(15-10-24)32(35)36-19-20-37(4,5)6/h7-18,21-22H,19-20H2,1-6H3/b18-11+. The summed E-state index contributed by atoms with van der Waals surface area (Å²) in [4.78, 5) is 25.3. The minimum absolute atomic E-state index is 0.0442. The highest BCUT2D eigenvalue weighted by molar-refractivity contribution is 6.76. The molecule has 4 heteroatoms. The van der Waals surface area contributed by atoms with E-state index in [0.717, 1.165) is 11.6 Å². The number of rotatable bonds is 8. The fourth-order valence-corrected chi connectivity index (χ4v) is 5.20. The van der Waals surface area contributed by atoms with Crippen molar-refractivity contribution in [2.75, 3.05) is 6.61 Å². The van der Waals surface area contributed by atoms with E-state index in [-0.39, 0.29) is 17.2 Å². The molecule has 0 unspecified atom stereocenters. The number of ether oxygens (including phenoxy) is 1. The first-order valence-corrected chi connectivity index (χ1v) is 16.6. The number of esters is 1. The summed E-state index contributed by atoms with van der Waals surface area (Å²) in [5.74, 6) is -0.346. The van der Waals surface area contributed by atoms with Gasteiger partial charge in [-0.15, -0.1) is 0 Å². The summed E-state index contributed by atoms with van der Waals surface area (Å²) in [7, 11) is -1.24. The van der Waals surface area contributed by atoms with Crippen LogP contribution in [-0.4, -0.2) is 26.4 Å². The minimum Gasteiger partial charge on any atom is -0.462 e. The summed E-state index contributed by atoms with van der Waals surface area (Å²) < 4.78 is 5.41. The smallest absolute Gasteiger partial charge is 0.338 e. The Labute approximate surface area is 221 Å². The molecule has 0 aromatic heterocycles. The van der Waals surface area contributed by atoms with Gasteiger partial charge in [-0.3, -0.25) is 4.79 Å². The molecule has 1 aliphatic rings. The molecule has 0 radical (unpaired) electrons. The number of aryl methyl sites for hydroxylation is 1. The van der Waals surface area contributed by atoms with Crippen molar-refractivity contribution in [3.05, 3.63) is 118 Å². The van der Waals surface area contributed by atoms with Crippen molar-refractivity contribution in [3.8, 4) is 0 Å². The van der Waals surface area contributed by atoms with Crippen molar-refractivity contribution in [1.29, 1.82) is 0 Å². The lowest BCUT2D eigenvalue weighted by Gasteiger charge is -2.18. The predicted molar refractivity (Wildman–Crippen MR) is 156 cm³/mol. The Hall–Kier alpha value is -3.50. The molecule has 0 saturated carbocycles. The molecule has 0 spiro atoms. The van der Waals surface area contributed by atoms with Gasteiger partial charge < -0.3 is 4.74 Å². The quantitative estimate of drug-likeness (QED) is 0.134. The first kappa shape index (κ1) is 26.6. The van der Waals surface area contributed by atoms with Gasteiger partial charge in [0.25, 0.3) is 0 Å². The highest BCUT2D eigenvalue weighted by atomic mass is 28.3. The van der Waals surface area contributed by atoms with Crippen LogP contribution in [0.3, 0.4) is 0 Å². The van der Waals surface area contributed by atoms with Crippen molar-refractivity contribution in [2.24, 2.45) is 0 Å². The van der Waals surface area contributed by atoms with E-state index < -0.39 is 8.07 Å². The van der Waals surface area contributed by atoms with Crippen molar-refractivity contribution >= 4 is 31.5 Å². The summed E-state index contributed by atoms with van der Waals surface area (Å²) in [6.45, 7) is 13.7. The van der Waals surface area contributed by atoms with Gasteiger partial charge >= 0.3 is 5.97 Å². The molecule has 0 heterocycles. The number of allylic oxidation sites excluding steroid dienone is 2. The van der Waals surface area contributed by atoms with E-state index >= 15 is 0 Å². The molecule has 0 saturated heterocycles. The molecule has 0 aliphatic heterocycles. The maximum absolute atomic E-state index is 13.0. The second-order valence-corrected chi connectivity index (χ2v) is 17.3. The van der Waals surface area contributed by atoms with Crippen LogP contribution in [0.15, 0.2) is 78.9 Å². The third-order valence-electron chi connectivity index (χ3n) is 6.81. The van der Waals surface area contributed by atoms with Gasteiger partial charge in [0.1, 0.15) is 0 Å². The number of carbonyl (C=O) groups is 2. The summed E-state index contributed by atoms with van der Waals surface area (Å²) in [5, 5.41) is 0. The summed E-state index contributed by atoms with van der Waals surface area (Å²) in [6.07, 6.45) is 5.68. The molecule has 0 N–H and O–H groups in total. The number of benzene rings is 3. The van der Waals surface area contributed by atoms with Gasteiger partial charge in [-0.1, -0.05) is 99.7 Å². The fourth-order valence-electron chi connectivity index (χ4n) is 4.49. The maximum Gasteiger partial charge on any atom is 0.338 e. The molecule has 0 amide bonds. The molecule has 190 valence electrons. The van der Waals surface area contributed by atoms with E-state index in [1.165, 1.54) is 27.8 Å². The zero-order valence-electron chi connectivity index (χ0n) is 22.7. The molecule has 0 fully saturated rings. The Bertz CT molecular complexity index is 1370. The molecule has 4 rings (SSSR count). The van der Waals surface area contributed by atoms with Gasteiger partial charge in [-0.2, -0.15) is 0 Å². The van der Waals surface area contributed by atoms with E-state index in [1.807, 2.05) is 24.3 Å². The van der Waals surface area contributed by atoms with Crippen LogP contribution in [0.5, 0.6) is 0 Å². The average molecular weight is 509 g/mol. The van der Waals surface area contributed by atoms with Gasteiger partial charge in [-0.25, -0.2) is 4.79 Å². The lowest BCUT2D eigenvalue weighted by atomic mass is 9.85. The van der Waals surface area contributed by atoms with Crippen molar-refractivity contribution in [1.82, 2.24) is 0 Å². The Morgan fingerprint density at radius 2 is 1.54 bits per heavy atom. The van der Waals surface area contributed by atoms with E-state index in [0.29, 0.717) is 17.7 Å². The summed E-state index contributed by atoms with van der Waals surface area (Å²) in [6, 6.07) is 22.7. The fraction of sp³-hybridized carbons (Fsp3) is 0.273. The van der Waals surface area contributed by atoms with Crippen LogP contribution in [0, 0.1) is 6.92 Å². The Balaban J connectivity index is 1.45. The minimum atomic E-state index is -1.24. The molecular weight excluding hydrogens is 472 g/mol. The molecule has 0 atom stereocenters. The SMILES string of the molecule is Cc1ccc(C2=CC(C)(C)c3cc(C(=O)/C=C/c4ccc(C(=O)OCC[Si](C)(C)C)cc4)ccc32)cc1. The Morgan fingerprint density at radius 3 is 2.19 bits per heavy atom. The van der Waals surface area contributed by atoms with Gasteiger partial charge in [0.2, 0.25) is 0 Å². The van der Waals surface area contributed by atoms with Crippen LogP contribution in [0.4, 0.5) is 0 Å². The zero-order chi connectivity index (χ0) is 26.8. The van der Waals surface area contributed by atoms with E-state index in [4.69, 9.17) is 4.74 Å². The van der Waals surface area contributed by atoms with Crippen LogP contribution in [0.25, 0.3) is 11.6 Å². The Kier molecular flexibility index (Phi) is 7.51. The van der Waals surface area contributed by atoms with Crippen molar-refractivity contribution in [2.45, 2.75) is 51.9 Å². The molecular formula is C33H36O3Si. The monoisotopic (exact) mass is 508 g/mol. The largest absolute Gasteiger partial charge is 0.462 e. The van der Waals surface area contributed by atoms with Gasteiger partial charge in [0.05, 0.1) is 12.2 Å². The van der Waals surface area contributed by atoms with Crippen LogP contribution in [0.1, 0.15) is 62.4 Å². The zero-order valence-corrected chi connectivity index (χ0v) is 23.7. The maximum atomic E-state index is 13.0. The highest BCUT2D eigenvalue weighted by Gasteiger charge is 2.31. The molecule has 3 aromatic carbocycles. The number of fused-ring (bicyclic) bond motifs is 1. The van der Waals surface area contributed by atoms with Crippen LogP contribution in [0.2, 0.25) is 25.7 Å². The lowest BCUT2D eigenvalue weighted by molar-refractivity contribution is 0.0525. The molecule has 3 nitrogen and oxygen atoms in total. The average Bonchev–Trinajstić information content (AvgIpc) is 3.12. The van der Waals surface area contributed by atoms with Crippen LogP contribution in [-0.2, 0) is 10.2 Å². The number of carbonyl (C=O) groups excluding carboxylic acids is 2. The second kappa shape index (κ2) is 10.5. The van der Waals surface area contributed by atoms with E-state index in [2.05, 4.69) is 76.8 Å². The normalized spacial score (nSPS) is 14.4.